The van der Waals surface area contributed by atoms with Crippen LogP contribution in [-0.2, 0) is 6.42 Å². The third-order valence-corrected chi connectivity index (χ3v) is 4.88. The molecule has 2 aromatic carbocycles. The molecule has 0 saturated carbocycles. The lowest BCUT2D eigenvalue weighted by molar-refractivity contribution is 0.0941. The fourth-order valence-electron chi connectivity index (χ4n) is 3.13. The predicted molar refractivity (Wildman–Crippen MR) is 108 cm³/mol. The van der Waals surface area contributed by atoms with E-state index in [0.717, 1.165) is 6.42 Å². The number of halogens is 1. The van der Waals surface area contributed by atoms with Gasteiger partial charge in [-0.1, -0.05) is 42.5 Å². The fraction of sp³-hybridized carbons (Fsp3) is 0.273. The molecule has 0 bridgehead atoms. The van der Waals surface area contributed by atoms with Gasteiger partial charge >= 0.3 is 0 Å². The maximum atomic E-state index is 14.0. The number of nitrogens with one attached hydrogen (secondary N) is 1. The van der Waals surface area contributed by atoms with Crippen LogP contribution in [0.5, 0.6) is 0 Å². The maximum Gasteiger partial charge on any atom is 0.254 e. The van der Waals surface area contributed by atoms with Crippen molar-refractivity contribution in [3.8, 4) is 5.69 Å². The molecule has 0 aliphatic heterocycles. The number of benzene rings is 2. The molecule has 5 nitrogen and oxygen atoms in total. The van der Waals surface area contributed by atoms with Crippen LogP contribution < -0.4 is 5.32 Å². The molecular weight excluding hydrogens is 355 g/mol. The highest BCUT2D eigenvalue weighted by Crippen LogP contribution is 2.17. The summed E-state index contributed by atoms with van der Waals surface area (Å²) in [6.07, 6.45) is 2.32. The van der Waals surface area contributed by atoms with Crippen molar-refractivity contribution in [2.75, 3.05) is 20.6 Å². The van der Waals surface area contributed by atoms with E-state index < -0.39 is 0 Å². The molecule has 1 aromatic heterocycles. The summed E-state index contributed by atoms with van der Waals surface area (Å²) < 4.78 is 15.5. The lowest BCUT2D eigenvalue weighted by Crippen LogP contribution is -2.41. The monoisotopic (exact) mass is 380 g/mol. The Morgan fingerprint density at radius 2 is 1.82 bits per heavy atom. The van der Waals surface area contributed by atoms with Crippen LogP contribution in [0.4, 0.5) is 4.39 Å². The standard InChI is InChI=1S/C22H25FN4O/c1-16-19(15-25-27(16)21-12-8-7-11-20(21)23)22(28)24-14-18(26(2)3)13-17-9-5-4-6-10-17/h4-12,15,18H,13-14H2,1-3H3,(H,24,28). The molecule has 0 spiro atoms. The zero-order valence-electron chi connectivity index (χ0n) is 16.4. The van der Waals surface area contributed by atoms with E-state index in [1.807, 2.05) is 32.3 Å². The summed E-state index contributed by atoms with van der Waals surface area (Å²) >= 11 is 0. The smallest absolute Gasteiger partial charge is 0.254 e. The lowest BCUT2D eigenvalue weighted by Gasteiger charge is -2.24. The van der Waals surface area contributed by atoms with Gasteiger partial charge in [-0.2, -0.15) is 5.10 Å². The number of carbonyl (C=O) groups is 1. The van der Waals surface area contributed by atoms with E-state index in [1.54, 1.807) is 25.1 Å². The van der Waals surface area contributed by atoms with E-state index in [2.05, 4.69) is 27.4 Å². The van der Waals surface area contributed by atoms with Gasteiger partial charge in [0.25, 0.3) is 5.91 Å². The average molecular weight is 380 g/mol. The third-order valence-electron chi connectivity index (χ3n) is 4.88. The Bertz CT molecular complexity index is 937. The van der Waals surface area contributed by atoms with Crippen molar-refractivity contribution in [2.24, 2.45) is 0 Å². The molecule has 1 amide bonds. The largest absolute Gasteiger partial charge is 0.350 e. The number of rotatable bonds is 7. The molecule has 1 atom stereocenters. The Morgan fingerprint density at radius 1 is 1.14 bits per heavy atom. The average Bonchev–Trinajstić information content (AvgIpc) is 3.07. The Morgan fingerprint density at radius 3 is 2.50 bits per heavy atom. The summed E-state index contributed by atoms with van der Waals surface area (Å²) in [7, 11) is 4.00. The Hall–Kier alpha value is -2.99. The lowest BCUT2D eigenvalue weighted by atomic mass is 10.1. The molecule has 0 radical (unpaired) electrons. The molecular formula is C22H25FN4O. The van der Waals surface area contributed by atoms with E-state index in [1.165, 1.54) is 22.5 Å². The molecule has 28 heavy (non-hydrogen) atoms. The van der Waals surface area contributed by atoms with Gasteiger partial charge in [0, 0.05) is 12.6 Å². The topological polar surface area (TPSA) is 50.2 Å². The first-order chi connectivity index (χ1) is 13.5. The summed E-state index contributed by atoms with van der Waals surface area (Å²) in [4.78, 5) is 14.8. The van der Waals surface area contributed by atoms with Crippen LogP contribution in [0.3, 0.4) is 0 Å². The van der Waals surface area contributed by atoms with Crippen LogP contribution in [0.15, 0.2) is 60.8 Å². The van der Waals surface area contributed by atoms with Gasteiger partial charge in [0.05, 0.1) is 17.5 Å². The van der Waals surface area contributed by atoms with Gasteiger partial charge in [0.2, 0.25) is 0 Å². The number of nitrogens with zero attached hydrogens (tertiary/aromatic N) is 3. The number of aromatic nitrogens is 2. The first-order valence-electron chi connectivity index (χ1n) is 9.25. The van der Waals surface area contributed by atoms with Crippen LogP contribution >= 0.6 is 0 Å². The Kier molecular flexibility index (Phi) is 6.21. The van der Waals surface area contributed by atoms with Crippen LogP contribution in [0.1, 0.15) is 21.6 Å². The number of para-hydroxylation sites is 1. The van der Waals surface area contributed by atoms with Crippen molar-refractivity contribution >= 4 is 5.91 Å². The van der Waals surface area contributed by atoms with Crippen LogP contribution in [-0.4, -0.2) is 47.3 Å². The molecule has 146 valence electrons. The molecule has 0 aliphatic carbocycles. The van der Waals surface area contributed by atoms with Crippen LogP contribution in [0.2, 0.25) is 0 Å². The predicted octanol–water partition coefficient (Wildman–Crippen LogP) is 3.22. The molecule has 1 N–H and O–H groups in total. The molecule has 3 rings (SSSR count). The van der Waals surface area contributed by atoms with Crippen molar-refractivity contribution in [3.05, 3.63) is 83.4 Å². The zero-order chi connectivity index (χ0) is 20.1. The van der Waals surface area contributed by atoms with E-state index in [0.29, 0.717) is 23.5 Å². The molecule has 0 fully saturated rings. The van der Waals surface area contributed by atoms with Crippen molar-refractivity contribution in [3.63, 3.8) is 0 Å². The second kappa shape index (κ2) is 8.80. The van der Waals surface area contributed by atoms with E-state index in [4.69, 9.17) is 0 Å². The second-order valence-corrected chi connectivity index (χ2v) is 7.02. The molecule has 3 aromatic rings. The highest BCUT2D eigenvalue weighted by Gasteiger charge is 2.19. The highest BCUT2D eigenvalue weighted by atomic mass is 19.1. The SMILES string of the molecule is Cc1c(C(=O)NCC(Cc2ccccc2)N(C)C)cnn1-c1ccccc1F. The van der Waals surface area contributed by atoms with Crippen molar-refractivity contribution < 1.29 is 9.18 Å². The van der Waals surface area contributed by atoms with Gasteiger partial charge in [-0.05, 0) is 45.1 Å². The Labute approximate surface area is 164 Å². The first kappa shape index (κ1) is 19.8. The summed E-state index contributed by atoms with van der Waals surface area (Å²) in [6, 6.07) is 16.7. The second-order valence-electron chi connectivity index (χ2n) is 7.02. The third kappa shape index (κ3) is 4.46. The number of hydrogen-bond acceptors (Lipinski definition) is 3. The van der Waals surface area contributed by atoms with Gasteiger partial charge in [-0.3, -0.25) is 4.79 Å². The van der Waals surface area contributed by atoms with Crippen molar-refractivity contribution in [2.45, 2.75) is 19.4 Å². The van der Waals surface area contributed by atoms with E-state index in [-0.39, 0.29) is 17.8 Å². The molecule has 1 heterocycles. The molecule has 0 saturated heterocycles. The highest BCUT2D eigenvalue weighted by molar-refractivity contribution is 5.95. The van der Waals surface area contributed by atoms with Gasteiger partial charge in [0.1, 0.15) is 11.5 Å². The first-order valence-corrected chi connectivity index (χ1v) is 9.25. The minimum absolute atomic E-state index is 0.160. The summed E-state index contributed by atoms with van der Waals surface area (Å²) in [5.41, 5.74) is 2.60. The van der Waals surface area contributed by atoms with Gasteiger partial charge in [-0.15, -0.1) is 0 Å². The summed E-state index contributed by atoms with van der Waals surface area (Å²) in [6.45, 7) is 2.27. The number of carbonyl (C=O) groups excluding carboxylic acids is 1. The van der Waals surface area contributed by atoms with Crippen molar-refractivity contribution in [1.29, 1.82) is 0 Å². The van der Waals surface area contributed by atoms with Crippen molar-refractivity contribution in [1.82, 2.24) is 20.0 Å². The van der Waals surface area contributed by atoms with Gasteiger partial charge < -0.3 is 10.2 Å². The number of amides is 1. The van der Waals surface area contributed by atoms with E-state index in [9.17, 15) is 9.18 Å². The quantitative estimate of drug-likeness (QED) is 0.685. The summed E-state index contributed by atoms with van der Waals surface area (Å²) in [5, 5.41) is 7.20. The van der Waals surface area contributed by atoms with Crippen LogP contribution in [0, 0.1) is 12.7 Å². The molecule has 6 heteroatoms. The minimum atomic E-state index is -0.379. The zero-order valence-corrected chi connectivity index (χ0v) is 16.4. The molecule has 0 aliphatic rings. The van der Waals surface area contributed by atoms with E-state index >= 15 is 0 Å². The van der Waals surface area contributed by atoms with Crippen LogP contribution in [0.25, 0.3) is 5.69 Å². The number of hydrogen-bond donors (Lipinski definition) is 1. The van der Waals surface area contributed by atoms with Gasteiger partial charge in [-0.25, -0.2) is 9.07 Å². The van der Waals surface area contributed by atoms with Gasteiger partial charge in [0.15, 0.2) is 0 Å². The Balaban J connectivity index is 1.70. The summed E-state index contributed by atoms with van der Waals surface area (Å²) in [5.74, 6) is -0.587. The molecule has 1 unspecified atom stereocenters. The fourth-order valence-corrected chi connectivity index (χ4v) is 3.13. The maximum absolute atomic E-state index is 14.0. The number of likely N-dealkylation sites (N-methyl/N-ethyl adjacent to an activating group) is 1. The normalized spacial score (nSPS) is 12.2. The minimum Gasteiger partial charge on any atom is -0.350 e.